The van der Waals surface area contributed by atoms with E-state index in [-0.39, 0.29) is 0 Å². The van der Waals surface area contributed by atoms with Crippen LogP contribution in [0.2, 0.25) is 0 Å². The molecule has 1 aliphatic heterocycles. The van der Waals surface area contributed by atoms with Crippen LogP contribution < -0.4 is 0 Å². The number of carbonyl (C=O) groups excluding carboxylic acids is 1. The average molecular weight is 194 g/mol. The molecule has 0 radical (unpaired) electrons. The molecule has 0 aliphatic carbocycles. The molecule has 2 rings (SSSR count). The van der Waals surface area contributed by atoms with Crippen molar-refractivity contribution in [2.75, 3.05) is 6.16 Å². The quantitative estimate of drug-likeness (QED) is 0.580. The molecule has 1 unspecified atom stereocenters. The van der Waals surface area contributed by atoms with Crippen molar-refractivity contribution in [1.82, 2.24) is 0 Å². The van der Waals surface area contributed by atoms with Crippen molar-refractivity contribution in [3.8, 4) is 0 Å². The molecule has 0 aromatic heterocycles. The van der Waals surface area contributed by atoms with E-state index in [1.165, 1.54) is 5.56 Å². The molecule has 1 nitrogen and oxygen atoms in total. The minimum Gasteiger partial charge on any atom is -0.294 e. The summed E-state index contributed by atoms with van der Waals surface area (Å²) in [5.74, 6) is 0.324. The predicted molar refractivity (Wildman–Crippen MR) is 59.0 cm³/mol. The standard InChI is InChI=1S/C9H9OP.C2H6/c10-9-6-11-5-7-3-1-2-4-8(7)9;1-2/h1-4,11H,5-6H2;1-2H3. The van der Waals surface area contributed by atoms with Gasteiger partial charge in [0.05, 0.1) is 0 Å². The van der Waals surface area contributed by atoms with Gasteiger partial charge >= 0.3 is 0 Å². The number of ketones is 1. The molecule has 0 bridgehead atoms. The molecule has 1 atom stereocenters. The van der Waals surface area contributed by atoms with Crippen LogP contribution in [0.3, 0.4) is 0 Å². The number of benzene rings is 1. The van der Waals surface area contributed by atoms with Gasteiger partial charge in [0.25, 0.3) is 0 Å². The van der Waals surface area contributed by atoms with Gasteiger partial charge in [-0.25, -0.2) is 0 Å². The second-order valence-electron chi connectivity index (χ2n) is 2.68. The maximum absolute atomic E-state index is 11.3. The fraction of sp³-hybridized carbons (Fsp3) is 0.364. The summed E-state index contributed by atoms with van der Waals surface area (Å²) in [5.41, 5.74) is 2.19. The van der Waals surface area contributed by atoms with E-state index in [2.05, 4.69) is 6.07 Å². The summed E-state index contributed by atoms with van der Waals surface area (Å²) in [4.78, 5) is 11.3. The molecule has 2 heteroatoms. The van der Waals surface area contributed by atoms with Crippen LogP contribution in [0.5, 0.6) is 0 Å². The van der Waals surface area contributed by atoms with Gasteiger partial charge in [0.2, 0.25) is 0 Å². The van der Waals surface area contributed by atoms with Crippen LogP contribution in [-0.2, 0) is 6.16 Å². The fourth-order valence-electron chi connectivity index (χ4n) is 1.35. The highest BCUT2D eigenvalue weighted by Gasteiger charge is 2.14. The van der Waals surface area contributed by atoms with Gasteiger partial charge in [0.15, 0.2) is 5.78 Å². The SMILES string of the molecule is CC.O=C1CPCc2ccccc21. The highest BCUT2D eigenvalue weighted by atomic mass is 31.1. The summed E-state index contributed by atoms with van der Waals surface area (Å²) in [6, 6.07) is 7.92. The first-order valence-electron chi connectivity index (χ1n) is 4.70. The number of fused-ring (bicyclic) bond motifs is 1. The zero-order valence-corrected chi connectivity index (χ0v) is 9.13. The number of hydrogen-bond acceptors (Lipinski definition) is 1. The largest absolute Gasteiger partial charge is 0.294 e. The van der Waals surface area contributed by atoms with Crippen LogP contribution in [0, 0.1) is 0 Å². The lowest BCUT2D eigenvalue weighted by atomic mass is 10.1. The van der Waals surface area contributed by atoms with Gasteiger partial charge in [-0.05, 0) is 11.7 Å². The van der Waals surface area contributed by atoms with Gasteiger partial charge in [0.1, 0.15) is 0 Å². The number of carbonyl (C=O) groups is 1. The van der Waals surface area contributed by atoms with Gasteiger partial charge < -0.3 is 0 Å². The summed E-state index contributed by atoms with van der Waals surface area (Å²) < 4.78 is 0. The van der Waals surface area contributed by atoms with Crippen LogP contribution >= 0.6 is 8.58 Å². The Hall–Kier alpha value is -0.680. The molecule has 0 spiro atoms. The summed E-state index contributed by atoms with van der Waals surface area (Å²) in [7, 11) is 0.799. The van der Waals surface area contributed by atoms with E-state index in [0.717, 1.165) is 26.5 Å². The molecule has 0 N–H and O–H groups in total. The molecule has 0 amide bonds. The minimum absolute atomic E-state index is 0.324. The Kier molecular flexibility index (Phi) is 4.11. The summed E-state index contributed by atoms with van der Waals surface area (Å²) in [6.45, 7) is 4.00. The van der Waals surface area contributed by atoms with E-state index >= 15 is 0 Å². The average Bonchev–Trinajstić information content (AvgIpc) is 2.22. The van der Waals surface area contributed by atoms with Crippen molar-refractivity contribution in [2.45, 2.75) is 20.0 Å². The fourth-order valence-corrected chi connectivity index (χ4v) is 2.47. The van der Waals surface area contributed by atoms with Gasteiger partial charge in [-0.3, -0.25) is 4.79 Å². The lowest BCUT2D eigenvalue weighted by Gasteiger charge is -2.13. The van der Waals surface area contributed by atoms with E-state index < -0.39 is 0 Å². The molecule has 0 saturated heterocycles. The third kappa shape index (κ3) is 2.38. The zero-order valence-electron chi connectivity index (χ0n) is 8.13. The molecule has 70 valence electrons. The Morgan fingerprint density at radius 2 is 1.85 bits per heavy atom. The van der Waals surface area contributed by atoms with Crippen LogP contribution in [0.15, 0.2) is 24.3 Å². The summed E-state index contributed by atoms with van der Waals surface area (Å²) in [6.07, 6.45) is 1.86. The van der Waals surface area contributed by atoms with Crippen molar-refractivity contribution in [3.63, 3.8) is 0 Å². The van der Waals surface area contributed by atoms with Crippen LogP contribution in [-0.4, -0.2) is 11.9 Å². The Balaban J connectivity index is 0.000000396. The summed E-state index contributed by atoms with van der Waals surface area (Å²) >= 11 is 0. The molecule has 0 saturated carbocycles. The van der Waals surface area contributed by atoms with E-state index in [9.17, 15) is 4.79 Å². The molecule has 0 fully saturated rings. The van der Waals surface area contributed by atoms with Crippen molar-refractivity contribution >= 4 is 14.4 Å². The molecule has 1 aromatic carbocycles. The first-order valence-corrected chi connectivity index (χ1v) is 6.11. The molecule has 1 aromatic rings. The topological polar surface area (TPSA) is 17.1 Å². The highest BCUT2D eigenvalue weighted by Crippen LogP contribution is 2.28. The highest BCUT2D eigenvalue weighted by molar-refractivity contribution is 7.38. The minimum atomic E-state index is 0.324. The van der Waals surface area contributed by atoms with Gasteiger partial charge in [-0.2, -0.15) is 0 Å². The Morgan fingerprint density at radius 1 is 1.15 bits per heavy atom. The second kappa shape index (κ2) is 5.14. The Morgan fingerprint density at radius 3 is 2.54 bits per heavy atom. The number of hydrogen-bond donors (Lipinski definition) is 0. The zero-order chi connectivity index (χ0) is 9.68. The monoisotopic (exact) mass is 194 g/mol. The smallest absolute Gasteiger partial charge is 0.167 e. The van der Waals surface area contributed by atoms with E-state index in [1.807, 2.05) is 32.0 Å². The third-order valence-electron chi connectivity index (χ3n) is 1.92. The molecule has 13 heavy (non-hydrogen) atoms. The number of rotatable bonds is 0. The lowest BCUT2D eigenvalue weighted by molar-refractivity contribution is 0.101. The molecular weight excluding hydrogens is 179 g/mol. The summed E-state index contributed by atoms with van der Waals surface area (Å²) in [5, 5.41) is 0. The normalized spacial score (nSPS) is 16.0. The maximum Gasteiger partial charge on any atom is 0.167 e. The lowest BCUT2D eigenvalue weighted by Crippen LogP contribution is -2.09. The van der Waals surface area contributed by atoms with Crippen molar-refractivity contribution < 1.29 is 4.79 Å². The number of Topliss-reactive ketones (excluding diaryl/α,β-unsaturated/α-hetero) is 1. The first kappa shape index (κ1) is 10.4. The van der Waals surface area contributed by atoms with Crippen molar-refractivity contribution in [1.29, 1.82) is 0 Å². The Labute approximate surface area is 81.3 Å². The van der Waals surface area contributed by atoms with Gasteiger partial charge in [0, 0.05) is 11.7 Å². The van der Waals surface area contributed by atoms with Gasteiger partial charge in [-0.15, -0.1) is 8.58 Å². The van der Waals surface area contributed by atoms with E-state index in [1.54, 1.807) is 0 Å². The van der Waals surface area contributed by atoms with Crippen molar-refractivity contribution in [3.05, 3.63) is 35.4 Å². The molecule has 1 heterocycles. The molecular formula is C11H15OP. The van der Waals surface area contributed by atoms with Crippen LogP contribution in [0.1, 0.15) is 29.8 Å². The predicted octanol–water partition coefficient (Wildman–Crippen LogP) is 3.09. The second-order valence-corrected chi connectivity index (χ2v) is 3.89. The Bertz CT molecular complexity index is 294. The van der Waals surface area contributed by atoms with Crippen LogP contribution in [0.25, 0.3) is 0 Å². The maximum atomic E-state index is 11.3. The van der Waals surface area contributed by atoms with Crippen LogP contribution in [0.4, 0.5) is 0 Å². The first-order chi connectivity index (χ1) is 6.38. The van der Waals surface area contributed by atoms with Gasteiger partial charge in [-0.1, -0.05) is 38.1 Å². The third-order valence-corrected chi connectivity index (χ3v) is 3.12. The van der Waals surface area contributed by atoms with Crippen molar-refractivity contribution in [2.24, 2.45) is 0 Å². The molecule has 1 aliphatic rings. The van der Waals surface area contributed by atoms with E-state index in [0.29, 0.717) is 5.78 Å². The van der Waals surface area contributed by atoms with E-state index in [4.69, 9.17) is 0 Å².